The van der Waals surface area contributed by atoms with Gasteiger partial charge in [0.1, 0.15) is 0 Å². The summed E-state index contributed by atoms with van der Waals surface area (Å²) >= 11 is 0. The standard InChI is InChI=1S/C5H12N2.2ClH/c1-4-5(6)2-3-7-4;;/h4-5,7H,2-3,6H2,1H3;2*1H/t4-,5-;;/m0../s1. The van der Waals surface area contributed by atoms with Crippen LogP contribution in [0.15, 0.2) is 0 Å². The molecule has 0 amide bonds. The van der Waals surface area contributed by atoms with Crippen LogP contribution < -0.4 is 11.1 Å². The zero-order valence-corrected chi connectivity index (χ0v) is 7.10. The summed E-state index contributed by atoms with van der Waals surface area (Å²) in [7, 11) is 0. The van der Waals surface area contributed by atoms with E-state index in [1.54, 1.807) is 0 Å². The van der Waals surface area contributed by atoms with E-state index in [9.17, 15) is 0 Å². The third kappa shape index (κ3) is 3.26. The van der Waals surface area contributed by atoms with Crippen LogP contribution in [0.4, 0.5) is 0 Å². The van der Waals surface area contributed by atoms with Crippen LogP contribution in [0, 0.1) is 0 Å². The van der Waals surface area contributed by atoms with Crippen molar-refractivity contribution in [2.75, 3.05) is 6.54 Å². The highest BCUT2D eigenvalue weighted by Gasteiger charge is 2.17. The molecule has 9 heavy (non-hydrogen) atoms. The average molecular weight is 173 g/mol. The molecule has 0 aliphatic carbocycles. The Hall–Kier alpha value is 0.500. The van der Waals surface area contributed by atoms with Crippen LogP contribution in [0.5, 0.6) is 0 Å². The van der Waals surface area contributed by atoms with Gasteiger partial charge in [-0.15, -0.1) is 24.8 Å². The Kier molecular flexibility index (Phi) is 7.18. The molecule has 0 unspecified atom stereocenters. The molecule has 1 rings (SSSR count). The smallest absolute Gasteiger partial charge is 0.0203 e. The molecule has 1 aliphatic rings. The van der Waals surface area contributed by atoms with Gasteiger partial charge in [0.2, 0.25) is 0 Å². The molecule has 1 saturated heterocycles. The Balaban J connectivity index is 0. The summed E-state index contributed by atoms with van der Waals surface area (Å²) in [6, 6.07) is 0.944. The van der Waals surface area contributed by atoms with Gasteiger partial charge in [0.05, 0.1) is 0 Å². The fourth-order valence-electron chi connectivity index (χ4n) is 0.879. The second-order valence-corrected chi connectivity index (χ2v) is 2.20. The van der Waals surface area contributed by atoms with Gasteiger partial charge < -0.3 is 11.1 Å². The monoisotopic (exact) mass is 172 g/mol. The number of nitrogens with two attached hydrogens (primary N) is 1. The van der Waals surface area contributed by atoms with Crippen LogP contribution in [-0.4, -0.2) is 18.6 Å². The molecule has 2 atom stereocenters. The molecular weight excluding hydrogens is 159 g/mol. The Bertz CT molecular complexity index is 62.0. The first-order valence-corrected chi connectivity index (χ1v) is 2.79. The molecule has 1 heterocycles. The molecule has 0 radical (unpaired) electrons. The van der Waals surface area contributed by atoms with Crippen molar-refractivity contribution in [3.63, 3.8) is 0 Å². The zero-order valence-electron chi connectivity index (χ0n) is 5.46. The first-order chi connectivity index (χ1) is 3.30. The lowest BCUT2D eigenvalue weighted by molar-refractivity contribution is 0.587. The maximum atomic E-state index is 5.62. The van der Waals surface area contributed by atoms with Gasteiger partial charge in [-0.05, 0) is 19.9 Å². The van der Waals surface area contributed by atoms with E-state index in [0.29, 0.717) is 12.1 Å². The van der Waals surface area contributed by atoms with E-state index in [4.69, 9.17) is 5.73 Å². The molecule has 4 heteroatoms. The Morgan fingerprint density at radius 2 is 2.00 bits per heavy atom. The van der Waals surface area contributed by atoms with Gasteiger partial charge in [0, 0.05) is 12.1 Å². The largest absolute Gasteiger partial charge is 0.326 e. The van der Waals surface area contributed by atoms with Crippen molar-refractivity contribution >= 4 is 24.8 Å². The van der Waals surface area contributed by atoms with Crippen LogP contribution in [0.1, 0.15) is 13.3 Å². The summed E-state index contributed by atoms with van der Waals surface area (Å²) in [5, 5.41) is 3.24. The summed E-state index contributed by atoms with van der Waals surface area (Å²) in [6.45, 7) is 3.22. The first-order valence-electron chi connectivity index (χ1n) is 2.79. The molecule has 0 aromatic carbocycles. The number of halogens is 2. The van der Waals surface area contributed by atoms with E-state index in [1.165, 1.54) is 0 Å². The van der Waals surface area contributed by atoms with E-state index in [2.05, 4.69) is 12.2 Å². The van der Waals surface area contributed by atoms with Gasteiger partial charge in [0.15, 0.2) is 0 Å². The third-order valence-corrected chi connectivity index (χ3v) is 1.59. The fraction of sp³-hybridized carbons (Fsp3) is 1.00. The first kappa shape index (κ1) is 12.2. The summed E-state index contributed by atoms with van der Waals surface area (Å²) in [5.74, 6) is 0. The molecule has 0 saturated carbocycles. The van der Waals surface area contributed by atoms with Crippen molar-refractivity contribution < 1.29 is 0 Å². The Morgan fingerprint density at radius 3 is 2.11 bits per heavy atom. The van der Waals surface area contributed by atoms with Gasteiger partial charge in [-0.2, -0.15) is 0 Å². The van der Waals surface area contributed by atoms with Gasteiger partial charge in [-0.3, -0.25) is 0 Å². The number of rotatable bonds is 0. The number of nitrogens with one attached hydrogen (secondary N) is 1. The molecule has 0 spiro atoms. The van der Waals surface area contributed by atoms with Crippen LogP contribution in [-0.2, 0) is 0 Å². The van der Waals surface area contributed by atoms with E-state index in [-0.39, 0.29) is 24.8 Å². The number of hydrogen-bond acceptors (Lipinski definition) is 2. The van der Waals surface area contributed by atoms with E-state index in [1.807, 2.05) is 0 Å². The lowest BCUT2D eigenvalue weighted by Crippen LogP contribution is -2.32. The lowest BCUT2D eigenvalue weighted by Gasteiger charge is -2.06. The van der Waals surface area contributed by atoms with E-state index in [0.717, 1.165) is 13.0 Å². The SMILES string of the molecule is C[C@@H]1NCC[C@@H]1N.Cl.Cl. The topological polar surface area (TPSA) is 38.0 Å². The maximum absolute atomic E-state index is 5.62. The molecule has 0 bridgehead atoms. The Morgan fingerprint density at radius 1 is 1.44 bits per heavy atom. The highest BCUT2D eigenvalue weighted by atomic mass is 35.5. The third-order valence-electron chi connectivity index (χ3n) is 1.59. The van der Waals surface area contributed by atoms with Gasteiger partial charge in [-0.25, -0.2) is 0 Å². The molecule has 58 valence electrons. The summed E-state index contributed by atoms with van der Waals surface area (Å²) in [6.07, 6.45) is 1.14. The highest BCUT2D eigenvalue weighted by molar-refractivity contribution is 5.85. The molecule has 1 fully saturated rings. The summed E-state index contributed by atoms with van der Waals surface area (Å²) < 4.78 is 0. The minimum Gasteiger partial charge on any atom is -0.326 e. The van der Waals surface area contributed by atoms with E-state index >= 15 is 0 Å². The zero-order chi connectivity index (χ0) is 5.28. The molecule has 3 N–H and O–H groups in total. The van der Waals surface area contributed by atoms with Crippen LogP contribution in [0.2, 0.25) is 0 Å². The molecule has 2 nitrogen and oxygen atoms in total. The van der Waals surface area contributed by atoms with Crippen LogP contribution in [0.3, 0.4) is 0 Å². The van der Waals surface area contributed by atoms with Gasteiger partial charge >= 0.3 is 0 Å². The minimum atomic E-state index is 0. The molecule has 0 aromatic heterocycles. The molecule has 0 aromatic rings. The average Bonchev–Trinajstić information content (AvgIpc) is 1.91. The summed E-state index contributed by atoms with van der Waals surface area (Å²) in [4.78, 5) is 0. The molecule has 1 aliphatic heterocycles. The summed E-state index contributed by atoms with van der Waals surface area (Å²) in [5.41, 5.74) is 5.62. The second-order valence-electron chi connectivity index (χ2n) is 2.20. The van der Waals surface area contributed by atoms with Crippen molar-refractivity contribution in [1.82, 2.24) is 5.32 Å². The van der Waals surface area contributed by atoms with Crippen LogP contribution >= 0.6 is 24.8 Å². The molecular formula is C5H14Cl2N2. The normalized spacial score (nSPS) is 32.7. The predicted molar refractivity (Wildman–Crippen MR) is 44.6 cm³/mol. The lowest BCUT2D eigenvalue weighted by atomic mass is 10.2. The predicted octanol–water partition coefficient (Wildman–Crippen LogP) is 0.539. The second kappa shape index (κ2) is 5.30. The quantitative estimate of drug-likeness (QED) is 0.561. The van der Waals surface area contributed by atoms with Crippen molar-refractivity contribution in [1.29, 1.82) is 0 Å². The van der Waals surface area contributed by atoms with Crippen molar-refractivity contribution in [3.8, 4) is 0 Å². The Labute approximate surface area is 68.4 Å². The fourth-order valence-corrected chi connectivity index (χ4v) is 0.879. The van der Waals surface area contributed by atoms with Crippen LogP contribution in [0.25, 0.3) is 0 Å². The van der Waals surface area contributed by atoms with Crippen molar-refractivity contribution in [2.24, 2.45) is 5.73 Å². The minimum absolute atomic E-state index is 0. The van der Waals surface area contributed by atoms with Gasteiger partial charge in [0.25, 0.3) is 0 Å². The van der Waals surface area contributed by atoms with Crippen molar-refractivity contribution in [2.45, 2.75) is 25.4 Å². The van der Waals surface area contributed by atoms with Crippen molar-refractivity contribution in [3.05, 3.63) is 0 Å². The number of hydrogen-bond donors (Lipinski definition) is 2. The van der Waals surface area contributed by atoms with E-state index < -0.39 is 0 Å². The highest BCUT2D eigenvalue weighted by Crippen LogP contribution is 2.00. The maximum Gasteiger partial charge on any atom is 0.0203 e. The van der Waals surface area contributed by atoms with Gasteiger partial charge in [-0.1, -0.05) is 0 Å².